The third-order valence-electron chi connectivity index (χ3n) is 3.60. The van der Waals surface area contributed by atoms with E-state index < -0.39 is 43.2 Å². The van der Waals surface area contributed by atoms with Crippen LogP contribution in [0.1, 0.15) is 20.8 Å². The number of rotatable bonds is 7. The van der Waals surface area contributed by atoms with E-state index in [0.717, 1.165) is 0 Å². The number of nitrogens with one attached hydrogen (secondary N) is 1. The molecule has 4 atom stereocenters. The van der Waals surface area contributed by atoms with Crippen molar-refractivity contribution >= 4 is 19.5 Å². The van der Waals surface area contributed by atoms with Crippen LogP contribution in [0, 0.1) is 11.8 Å². The van der Waals surface area contributed by atoms with Crippen LogP contribution in [0.5, 0.6) is 0 Å². The number of hydrogen-bond acceptors (Lipinski definition) is 8. The fourth-order valence-electron chi connectivity index (χ4n) is 2.73. The van der Waals surface area contributed by atoms with E-state index in [2.05, 4.69) is 5.32 Å². The van der Waals surface area contributed by atoms with Gasteiger partial charge < -0.3 is 18.5 Å². The fraction of sp³-hybridized carbons (Fsp3) is 0.846. The number of ether oxygens (including phenoxy) is 2. The highest BCUT2D eigenvalue weighted by Gasteiger charge is 2.57. The van der Waals surface area contributed by atoms with Gasteiger partial charge in [-0.15, -0.1) is 0 Å². The standard InChI is InChI=1S/C13H24NO7P/c1-6-20-22(17,21-7-2)11-10(13(16)19-5)9(8(3)14-11)12(15)18-4/h8-11,14H,6-7H2,1-5H3/t8-,9-,10-,11+/m1/s1. The Labute approximate surface area is 130 Å². The van der Waals surface area contributed by atoms with Gasteiger partial charge in [-0.2, -0.15) is 0 Å². The molecule has 0 aromatic rings. The summed E-state index contributed by atoms with van der Waals surface area (Å²) in [7, 11) is -1.19. The topological polar surface area (TPSA) is 100 Å². The molecule has 128 valence electrons. The molecule has 1 heterocycles. The van der Waals surface area contributed by atoms with Crippen LogP contribution in [0.25, 0.3) is 0 Å². The highest BCUT2D eigenvalue weighted by Crippen LogP contribution is 2.58. The quantitative estimate of drug-likeness (QED) is 0.545. The van der Waals surface area contributed by atoms with Gasteiger partial charge in [0.2, 0.25) is 0 Å². The van der Waals surface area contributed by atoms with Crippen molar-refractivity contribution < 1.29 is 32.7 Å². The molecule has 0 saturated carbocycles. The molecule has 1 fully saturated rings. The number of carbonyl (C=O) groups is 2. The van der Waals surface area contributed by atoms with Crippen LogP contribution in [0.3, 0.4) is 0 Å². The van der Waals surface area contributed by atoms with Crippen molar-refractivity contribution in [2.45, 2.75) is 32.6 Å². The molecule has 0 aliphatic carbocycles. The molecule has 0 aromatic carbocycles. The summed E-state index contributed by atoms with van der Waals surface area (Å²) in [6, 6.07) is -0.434. The second-order valence-electron chi connectivity index (χ2n) is 4.87. The van der Waals surface area contributed by atoms with Crippen LogP contribution in [-0.2, 0) is 32.7 Å². The van der Waals surface area contributed by atoms with Gasteiger partial charge in [-0.1, -0.05) is 0 Å². The van der Waals surface area contributed by atoms with Gasteiger partial charge in [0.15, 0.2) is 0 Å². The van der Waals surface area contributed by atoms with Crippen molar-refractivity contribution in [1.82, 2.24) is 5.32 Å². The van der Waals surface area contributed by atoms with E-state index in [4.69, 9.17) is 18.5 Å². The summed E-state index contributed by atoms with van der Waals surface area (Å²) in [4.78, 5) is 24.2. The van der Waals surface area contributed by atoms with Gasteiger partial charge in [-0.25, -0.2) is 0 Å². The lowest BCUT2D eigenvalue weighted by Crippen LogP contribution is -2.37. The summed E-state index contributed by atoms with van der Waals surface area (Å²) < 4.78 is 33.1. The SMILES string of the molecule is CCOP(=O)(OCC)[C@@H]1N[C@H](C)[C@@H](C(=O)OC)[C@H]1C(=O)OC. The van der Waals surface area contributed by atoms with Crippen molar-refractivity contribution in [3.63, 3.8) is 0 Å². The normalized spacial score (nSPS) is 28.4. The number of hydrogen-bond donors (Lipinski definition) is 1. The Kier molecular flexibility index (Phi) is 6.99. The van der Waals surface area contributed by atoms with Crippen LogP contribution >= 0.6 is 7.60 Å². The summed E-state index contributed by atoms with van der Waals surface area (Å²) in [5.74, 6) is -4.01. The Morgan fingerprint density at radius 2 is 1.45 bits per heavy atom. The van der Waals surface area contributed by atoms with Crippen LogP contribution in [-0.4, -0.2) is 51.2 Å². The van der Waals surface area contributed by atoms with E-state index in [1.165, 1.54) is 14.2 Å². The van der Waals surface area contributed by atoms with Gasteiger partial charge in [0.05, 0.1) is 39.3 Å². The molecular weight excluding hydrogens is 313 g/mol. The molecule has 0 spiro atoms. The highest BCUT2D eigenvalue weighted by atomic mass is 31.2. The number of methoxy groups -OCH3 is 2. The second kappa shape index (κ2) is 8.06. The average Bonchev–Trinajstić information content (AvgIpc) is 2.84. The van der Waals surface area contributed by atoms with Crippen LogP contribution in [0.4, 0.5) is 0 Å². The number of carbonyl (C=O) groups excluding carboxylic acids is 2. The summed E-state index contributed by atoms with van der Waals surface area (Å²) in [5.41, 5.74) is 0. The zero-order valence-electron chi connectivity index (χ0n) is 13.5. The smallest absolute Gasteiger partial charge is 0.348 e. The van der Waals surface area contributed by atoms with E-state index in [9.17, 15) is 14.2 Å². The molecule has 1 N–H and O–H groups in total. The van der Waals surface area contributed by atoms with E-state index in [1.54, 1.807) is 20.8 Å². The minimum absolute atomic E-state index is 0.153. The zero-order valence-corrected chi connectivity index (χ0v) is 14.4. The minimum atomic E-state index is -3.63. The van der Waals surface area contributed by atoms with Gasteiger partial charge in [0.1, 0.15) is 5.78 Å². The van der Waals surface area contributed by atoms with Gasteiger partial charge in [-0.05, 0) is 20.8 Å². The molecule has 0 unspecified atom stereocenters. The van der Waals surface area contributed by atoms with E-state index in [0.29, 0.717) is 0 Å². The molecule has 0 aromatic heterocycles. The monoisotopic (exact) mass is 337 g/mol. The molecule has 0 bridgehead atoms. The predicted octanol–water partition coefficient (Wildman–Crippen LogP) is 1.15. The third kappa shape index (κ3) is 3.68. The second-order valence-corrected chi connectivity index (χ2v) is 7.03. The van der Waals surface area contributed by atoms with E-state index >= 15 is 0 Å². The summed E-state index contributed by atoms with van der Waals surface area (Å²) in [6.45, 7) is 5.37. The molecule has 9 heteroatoms. The molecule has 1 aliphatic rings. The Hall–Kier alpha value is -0.950. The maximum absolute atomic E-state index is 13.0. The Bertz CT molecular complexity index is 446. The van der Waals surface area contributed by atoms with Crippen molar-refractivity contribution in [3.8, 4) is 0 Å². The van der Waals surface area contributed by atoms with Crippen molar-refractivity contribution in [3.05, 3.63) is 0 Å². The van der Waals surface area contributed by atoms with E-state index in [-0.39, 0.29) is 13.2 Å². The molecule has 22 heavy (non-hydrogen) atoms. The van der Waals surface area contributed by atoms with Gasteiger partial charge >= 0.3 is 19.5 Å². The Morgan fingerprint density at radius 3 is 1.86 bits per heavy atom. The van der Waals surface area contributed by atoms with Crippen molar-refractivity contribution in [2.75, 3.05) is 27.4 Å². The van der Waals surface area contributed by atoms with Crippen LogP contribution in [0.2, 0.25) is 0 Å². The molecule has 8 nitrogen and oxygen atoms in total. The highest BCUT2D eigenvalue weighted by molar-refractivity contribution is 7.54. The molecule has 1 rings (SSSR count). The lowest BCUT2D eigenvalue weighted by Gasteiger charge is -2.27. The molecule has 0 amide bonds. The lowest BCUT2D eigenvalue weighted by molar-refractivity contribution is -0.156. The molecular formula is C13H24NO7P. The Balaban J connectivity index is 3.24. The summed E-state index contributed by atoms with van der Waals surface area (Å²) >= 11 is 0. The molecule has 1 saturated heterocycles. The van der Waals surface area contributed by atoms with E-state index in [1.807, 2.05) is 0 Å². The largest absolute Gasteiger partial charge is 0.469 e. The lowest BCUT2D eigenvalue weighted by atomic mass is 9.91. The molecule has 0 radical (unpaired) electrons. The van der Waals surface area contributed by atoms with Crippen molar-refractivity contribution in [1.29, 1.82) is 0 Å². The van der Waals surface area contributed by atoms with Crippen LogP contribution in [0.15, 0.2) is 0 Å². The first-order chi connectivity index (χ1) is 10.4. The average molecular weight is 337 g/mol. The molecule has 1 aliphatic heterocycles. The van der Waals surface area contributed by atoms with Gasteiger partial charge in [-0.3, -0.25) is 19.5 Å². The first-order valence-electron chi connectivity index (χ1n) is 7.16. The van der Waals surface area contributed by atoms with Gasteiger partial charge in [0.25, 0.3) is 0 Å². The number of esters is 2. The zero-order chi connectivity index (χ0) is 16.9. The maximum Gasteiger partial charge on any atom is 0.348 e. The Morgan fingerprint density at radius 1 is 1.00 bits per heavy atom. The fourth-order valence-corrected chi connectivity index (χ4v) is 4.96. The van der Waals surface area contributed by atoms with Crippen LogP contribution < -0.4 is 5.32 Å². The maximum atomic E-state index is 13.0. The third-order valence-corrected chi connectivity index (χ3v) is 5.99. The van der Waals surface area contributed by atoms with Crippen molar-refractivity contribution in [2.24, 2.45) is 11.8 Å². The summed E-state index contributed by atoms with van der Waals surface area (Å²) in [5, 5.41) is 2.98. The first-order valence-corrected chi connectivity index (χ1v) is 8.77. The summed E-state index contributed by atoms with van der Waals surface area (Å²) in [6.07, 6.45) is 0. The first kappa shape index (κ1) is 19.1. The minimum Gasteiger partial charge on any atom is -0.469 e. The van der Waals surface area contributed by atoms with Gasteiger partial charge in [0, 0.05) is 6.04 Å². The predicted molar refractivity (Wildman–Crippen MR) is 78.3 cm³/mol.